The molecule has 0 bridgehead atoms. The van der Waals surface area contributed by atoms with Crippen LogP contribution in [0.2, 0.25) is 0 Å². The van der Waals surface area contributed by atoms with Crippen LogP contribution in [0.5, 0.6) is 0 Å². The fourth-order valence-corrected chi connectivity index (χ4v) is 3.12. The third-order valence-corrected chi connectivity index (χ3v) is 4.67. The Bertz CT molecular complexity index is 345. The summed E-state index contributed by atoms with van der Waals surface area (Å²) in [5.74, 6) is 0.641. The van der Waals surface area contributed by atoms with Gasteiger partial charge in [0.1, 0.15) is 0 Å². The standard InChI is InChI=1S/C20H43O6P/c1-20(2)19-24-17-15-13-11-9-7-5-3-4-6-8-10-12-14-16-18-25-26-27(21,22)23/h20H,3-19H2,1-2H3,(H2,21,22,23). The van der Waals surface area contributed by atoms with Crippen molar-refractivity contribution in [3.8, 4) is 0 Å². The summed E-state index contributed by atoms with van der Waals surface area (Å²) in [4.78, 5) is 21.3. The number of phosphoric acid groups is 1. The van der Waals surface area contributed by atoms with Gasteiger partial charge in [0.2, 0.25) is 0 Å². The average molecular weight is 411 g/mol. The van der Waals surface area contributed by atoms with E-state index in [9.17, 15) is 4.57 Å². The van der Waals surface area contributed by atoms with Crippen molar-refractivity contribution in [2.24, 2.45) is 5.92 Å². The highest BCUT2D eigenvalue weighted by molar-refractivity contribution is 7.46. The van der Waals surface area contributed by atoms with Gasteiger partial charge < -0.3 is 14.5 Å². The van der Waals surface area contributed by atoms with Crippen LogP contribution in [0.3, 0.4) is 0 Å². The summed E-state index contributed by atoms with van der Waals surface area (Å²) in [6.07, 6.45) is 17.3. The van der Waals surface area contributed by atoms with E-state index < -0.39 is 7.82 Å². The maximum Gasteiger partial charge on any atom is 0.496 e. The summed E-state index contributed by atoms with van der Waals surface area (Å²) in [7, 11) is -4.49. The lowest BCUT2D eigenvalue weighted by atomic mass is 10.0. The molecule has 6 nitrogen and oxygen atoms in total. The van der Waals surface area contributed by atoms with E-state index in [1.54, 1.807) is 0 Å². The van der Waals surface area contributed by atoms with E-state index in [4.69, 9.17) is 14.5 Å². The number of rotatable bonds is 21. The van der Waals surface area contributed by atoms with Crippen LogP contribution in [0, 0.1) is 5.92 Å². The molecule has 0 aromatic carbocycles. The second kappa shape index (κ2) is 19.4. The predicted molar refractivity (Wildman–Crippen MR) is 109 cm³/mol. The summed E-state index contributed by atoms with van der Waals surface area (Å²) in [6, 6.07) is 0. The van der Waals surface area contributed by atoms with E-state index >= 15 is 0 Å². The molecular formula is C20H43O6P. The SMILES string of the molecule is CC(C)COCCCCCCCCCCCCCCCCOOP(=O)(O)O. The molecule has 0 aromatic rings. The first-order valence-electron chi connectivity index (χ1n) is 10.9. The molecule has 0 fully saturated rings. The van der Waals surface area contributed by atoms with Crippen molar-refractivity contribution < 1.29 is 28.7 Å². The third kappa shape index (κ3) is 26.0. The highest BCUT2D eigenvalue weighted by Crippen LogP contribution is 2.35. The number of hydrogen-bond acceptors (Lipinski definition) is 4. The molecule has 27 heavy (non-hydrogen) atoms. The van der Waals surface area contributed by atoms with Gasteiger partial charge >= 0.3 is 7.82 Å². The van der Waals surface area contributed by atoms with Crippen LogP contribution < -0.4 is 0 Å². The third-order valence-electron chi connectivity index (χ3n) is 4.37. The summed E-state index contributed by atoms with van der Waals surface area (Å²) >= 11 is 0. The Balaban J connectivity index is 3.04. The zero-order valence-electron chi connectivity index (χ0n) is 17.6. The van der Waals surface area contributed by atoms with Gasteiger partial charge in [0.15, 0.2) is 0 Å². The van der Waals surface area contributed by atoms with Gasteiger partial charge in [0.05, 0.1) is 6.61 Å². The number of ether oxygens (including phenoxy) is 1. The maximum atomic E-state index is 10.4. The minimum absolute atomic E-state index is 0.232. The lowest BCUT2D eigenvalue weighted by Gasteiger charge is -2.06. The van der Waals surface area contributed by atoms with Gasteiger partial charge in [0, 0.05) is 13.2 Å². The summed E-state index contributed by atoms with van der Waals surface area (Å²) in [5, 5.41) is 0. The van der Waals surface area contributed by atoms with E-state index in [1.165, 1.54) is 70.6 Å². The van der Waals surface area contributed by atoms with Gasteiger partial charge in [-0.3, -0.25) is 0 Å². The molecule has 0 aliphatic rings. The molecule has 0 aliphatic heterocycles. The minimum Gasteiger partial charge on any atom is -0.381 e. The first kappa shape index (κ1) is 27.0. The predicted octanol–water partition coefficient (Wildman–Crippen LogP) is 6.16. The van der Waals surface area contributed by atoms with E-state index in [1.807, 2.05) is 0 Å². The Morgan fingerprint density at radius 3 is 1.41 bits per heavy atom. The van der Waals surface area contributed by atoms with E-state index in [0.29, 0.717) is 5.92 Å². The van der Waals surface area contributed by atoms with Crippen molar-refractivity contribution >= 4 is 7.82 Å². The van der Waals surface area contributed by atoms with E-state index in [-0.39, 0.29) is 6.61 Å². The summed E-state index contributed by atoms with van der Waals surface area (Å²) in [5.41, 5.74) is 0. The minimum atomic E-state index is -4.49. The second-order valence-electron chi connectivity index (χ2n) is 7.81. The van der Waals surface area contributed by atoms with Gasteiger partial charge in [-0.15, -0.1) is 4.67 Å². The van der Waals surface area contributed by atoms with E-state index in [0.717, 1.165) is 32.5 Å². The van der Waals surface area contributed by atoms with Crippen LogP contribution in [0.15, 0.2) is 0 Å². The molecule has 0 unspecified atom stereocenters. The molecule has 0 aromatic heterocycles. The lowest BCUT2D eigenvalue weighted by Crippen LogP contribution is -2.02. The van der Waals surface area contributed by atoms with Crippen molar-refractivity contribution in [1.29, 1.82) is 0 Å². The molecule has 7 heteroatoms. The molecule has 0 radical (unpaired) electrons. The molecule has 0 saturated carbocycles. The molecule has 0 atom stereocenters. The Hall–Kier alpha value is 0.0300. The lowest BCUT2D eigenvalue weighted by molar-refractivity contribution is -0.222. The Morgan fingerprint density at radius 1 is 0.667 bits per heavy atom. The average Bonchev–Trinajstić information content (AvgIpc) is 2.58. The zero-order valence-corrected chi connectivity index (χ0v) is 18.5. The normalized spacial score (nSPS) is 12.2. The van der Waals surface area contributed by atoms with Gasteiger partial charge in [-0.1, -0.05) is 90.9 Å². The Kier molecular flexibility index (Phi) is 19.4. The topological polar surface area (TPSA) is 85.2 Å². The Morgan fingerprint density at radius 2 is 1.04 bits per heavy atom. The van der Waals surface area contributed by atoms with Gasteiger partial charge in [-0.25, -0.2) is 9.45 Å². The number of hydrogen-bond donors (Lipinski definition) is 2. The highest BCUT2D eigenvalue weighted by Gasteiger charge is 2.14. The smallest absolute Gasteiger partial charge is 0.381 e. The first-order chi connectivity index (χ1) is 12.9. The molecule has 0 saturated heterocycles. The van der Waals surface area contributed by atoms with Crippen molar-refractivity contribution in [2.75, 3.05) is 19.8 Å². The van der Waals surface area contributed by atoms with Crippen LogP contribution in [0.4, 0.5) is 0 Å². The van der Waals surface area contributed by atoms with Gasteiger partial charge in [-0.2, -0.15) is 0 Å². The second-order valence-corrected chi connectivity index (χ2v) is 8.94. The van der Waals surface area contributed by atoms with Gasteiger partial charge in [-0.05, 0) is 18.8 Å². The summed E-state index contributed by atoms with van der Waals surface area (Å²) < 4.78 is 19.9. The van der Waals surface area contributed by atoms with Crippen molar-refractivity contribution in [2.45, 2.75) is 104 Å². The number of unbranched alkanes of at least 4 members (excludes halogenated alkanes) is 13. The van der Waals surface area contributed by atoms with Crippen molar-refractivity contribution in [3.63, 3.8) is 0 Å². The van der Waals surface area contributed by atoms with Crippen LogP contribution in [-0.2, 0) is 18.9 Å². The first-order valence-corrected chi connectivity index (χ1v) is 12.4. The maximum absolute atomic E-state index is 10.4. The molecule has 164 valence electrons. The fraction of sp³-hybridized carbons (Fsp3) is 1.00. The molecule has 0 aliphatic carbocycles. The van der Waals surface area contributed by atoms with Crippen molar-refractivity contribution in [1.82, 2.24) is 0 Å². The quantitative estimate of drug-likeness (QED) is 0.102. The zero-order chi connectivity index (χ0) is 20.2. The molecular weight excluding hydrogens is 367 g/mol. The van der Waals surface area contributed by atoms with Crippen molar-refractivity contribution in [3.05, 3.63) is 0 Å². The van der Waals surface area contributed by atoms with E-state index in [2.05, 4.69) is 23.4 Å². The van der Waals surface area contributed by atoms with Crippen LogP contribution in [-0.4, -0.2) is 29.6 Å². The van der Waals surface area contributed by atoms with Gasteiger partial charge in [0.25, 0.3) is 0 Å². The molecule has 0 heterocycles. The summed E-state index contributed by atoms with van der Waals surface area (Å²) in [6.45, 7) is 6.42. The molecule has 0 spiro atoms. The Labute approximate surface area is 166 Å². The fourth-order valence-electron chi connectivity index (χ4n) is 2.91. The highest BCUT2D eigenvalue weighted by atomic mass is 31.2. The molecule has 2 N–H and O–H groups in total. The monoisotopic (exact) mass is 410 g/mol. The van der Waals surface area contributed by atoms with Crippen LogP contribution >= 0.6 is 7.82 Å². The molecule has 0 rings (SSSR count). The largest absolute Gasteiger partial charge is 0.496 e. The van der Waals surface area contributed by atoms with Crippen LogP contribution in [0.25, 0.3) is 0 Å². The molecule has 0 amide bonds. The van der Waals surface area contributed by atoms with Crippen LogP contribution in [0.1, 0.15) is 104 Å².